The van der Waals surface area contributed by atoms with Crippen LogP contribution in [0, 0.1) is 0 Å². The molecular weight excluding hydrogens is 254 g/mol. The first-order chi connectivity index (χ1) is 9.79. The number of ether oxygens (including phenoxy) is 2. The maximum atomic E-state index is 11.5. The highest BCUT2D eigenvalue weighted by Gasteiger charge is 2.12. The van der Waals surface area contributed by atoms with Crippen molar-refractivity contribution in [2.45, 2.75) is 38.6 Å². The second-order valence-corrected chi connectivity index (χ2v) is 5.03. The molecule has 0 aromatic heterocycles. The number of piperidine rings is 1. The fourth-order valence-electron chi connectivity index (χ4n) is 2.39. The van der Waals surface area contributed by atoms with Crippen molar-refractivity contribution in [3.8, 4) is 5.75 Å². The Hall–Kier alpha value is -1.55. The van der Waals surface area contributed by atoms with Crippen LogP contribution in [0.4, 0.5) is 0 Å². The topological polar surface area (TPSA) is 47.6 Å². The minimum absolute atomic E-state index is 0.287. The van der Waals surface area contributed by atoms with E-state index in [1.165, 1.54) is 19.3 Å². The van der Waals surface area contributed by atoms with Gasteiger partial charge >= 0.3 is 5.97 Å². The number of hydrogen-bond acceptors (Lipinski definition) is 4. The van der Waals surface area contributed by atoms with Crippen molar-refractivity contribution >= 4 is 5.97 Å². The van der Waals surface area contributed by atoms with Crippen LogP contribution in [0.2, 0.25) is 0 Å². The normalized spacial score (nSPS) is 18.6. The predicted molar refractivity (Wildman–Crippen MR) is 78.2 cm³/mol. The molecule has 0 saturated carbocycles. The van der Waals surface area contributed by atoms with Gasteiger partial charge in [0.2, 0.25) is 0 Å². The molecule has 0 amide bonds. The summed E-state index contributed by atoms with van der Waals surface area (Å²) in [6.07, 6.45) is 4.86. The lowest BCUT2D eigenvalue weighted by Crippen LogP contribution is -2.35. The maximum Gasteiger partial charge on any atom is 0.338 e. The molecule has 1 saturated heterocycles. The lowest BCUT2D eigenvalue weighted by atomic mass is 10.0. The van der Waals surface area contributed by atoms with E-state index in [9.17, 15) is 4.79 Å². The maximum absolute atomic E-state index is 11.5. The van der Waals surface area contributed by atoms with Crippen molar-refractivity contribution in [3.05, 3.63) is 29.8 Å². The summed E-state index contributed by atoms with van der Waals surface area (Å²) in [6, 6.07) is 7.71. The summed E-state index contributed by atoms with van der Waals surface area (Å²) < 4.78 is 10.7. The lowest BCUT2D eigenvalue weighted by molar-refractivity contribution is 0.0526. The van der Waals surface area contributed by atoms with Crippen LogP contribution in [-0.2, 0) is 4.74 Å². The van der Waals surface area contributed by atoms with Crippen LogP contribution in [0.5, 0.6) is 5.75 Å². The molecule has 1 atom stereocenters. The fraction of sp³-hybridized carbons (Fsp3) is 0.562. The number of hydrogen-bond donors (Lipinski definition) is 1. The highest BCUT2D eigenvalue weighted by Crippen LogP contribution is 2.15. The van der Waals surface area contributed by atoms with Crippen molar-refractivity contribution < 1.29 is 14.3 Å². The molecule has 1 aromatic rings. The van der Waals surface area contributed by atoms with E-state index in [2.05, 4.69) is 5.32 Å². The molecule has 2 rings (SSSR count). The van der Waals surface area contributed by atoms with Gasteiger partial charge in [0.1, 0.15) is 5.75 Å². The highest BCUT2D eigenvalue weighted by molar-refractivity contribution is 5.89. The average molecular weight is 277 g/mol. The van der Waals surface area contributed by atoms with Crippen molar-refractivity contribution in [2.75, 3.05) is 19.8 Å². The monoisotopic (exact) mass is 277 g/mol. The minimum Gasteiger partial charge on any atom is -0.494 e. The van der Waals surface area contributed by atoms with E-state index in [4.69, 9.17) is 9.47 Å². The number of carbonyl (C=O) groups excluding carboxylic acids is 1. The fourth-order valence-corrected chi connectivity index (χ4v) is 2.39. The molecule has 1 aromatic carbocycles. The first kappa shape index (κ1) is 14.9. The molecule has 20 heavy (non-hydrogen) atoms. The molecule has 4 heteroatoms. The molecule has 1 heterocycles. The van der Waals surface area contributed by atoms with E-state index in [0.717, 1.165) is 18.7 Å². The largest absolute Gasteiger partial charge is 0.494 e. The number of benzene rings is 1. The van der Waals surface area contributed by atoms with Gasteiger partial charge in [0.25, 0.3) is 0 Å². The summed E-state index contributed by atoms with van der Waals surface area (Å²) in [6.45, 7) is 4.02. The van der Waals surface area contributed by atoms with Crippen LogP contribution in [0.15, 0.2) is 24.3 Å². The van der Waals surface area contributed by atoms with Crippen LogP contribution in [0.3, 0.4) is 0 Å². The van der Waals surface area contributed by atoms with Crippen LogP contribution in [0.25, 0.3) is 0 Å². The van der Waals surface area contributed by atoms with Gasteiger partial charge in [-0.2, -0.15) is 0 Å². The molecule has 1 unspecified atom stereocenters. The molecule has 110 valence electrons. The van der Waals surface area contributed by atoms with Gasteiger partial charge in [-0.25, -0.2) is 4.79 Å². The van der Waals surface area contributed by atoms with Crippen molar-refractivity contribution in [3.63, 3.8) is 0 Å². The summed E-state index contributed by atoms with van der Waals surface area (Å²) in [5, 5.41) is 3.50. The molecular formula is C16H23NO3. The Labute approximate surface area is 120 Å². The molecule has 1 N–H and O–H groups in total. The predicted octanol–water partition coefficient (Wildman–Crippen LogP) is 2.77. The standard InChI is InChI=1S/C16H23NO3/c1-2-19-16(18)13-6-8-15(9-7-13)20-12-10-14-5-3-4-11-17-14/h6-9,14,17H,2-5,10-12H2,1H3. The molecule has 0 aliphatic carbocycles. The Morgan fingerprint density at radius 1 is 1.30 bits per heavy atom. The first-order valence-electron chi connectivity index (χ1n) is 7.43. The van der Waals surface area contributed by atoms with Crippen LogP contribution in [-0.4, -0.2) is 31.8 Å². The van der Waals surface area contributed by atoms with Gasteiger partial charge in [0, 0.05) is 6.04 Å². The molecule has 1 fully saturated rings. The minimum atomic E-state index is -0.287. The molecule has 1 aliphatic heterocycles. The quantitative estimate of drug-likeness (QED) is 0.812. The highest BCUT2D eigenvalue weighted by atomic mass is 16.5. The van der Waals surface area contributed by atoms with E-state index in [1.54, 1.807) is 19.1 Å². The summed E-state index contributed by atoms with van der Waals surface area (Å²) in [5.41, 5.74) is 0.563. The smallest absolute Gasteiger partial charge is 0.338 e. The second-order valence-electron chi connectivity index (χ2n) is 5.03. The Bertz CT molecular complexity index is 410. The summed E-state index contributed by atoms with van der Waals surface area (Å²) in [4.78, 5) is 11.5. The van der Waals surface area contributed by atoms with Gasteiger partial charge < -0.3 is 14.8 Å². The van der Waals surface area contributed by atoms with E-state index < -0.39 is 0 Å². The lowest BCUT2D eigenvalue weighted by Gasteiger charge is -2.23. The van der Waals surface area contributed by atoms with Crippen LogP contribution in [0.1, 0.15) is 43.0 Å². The number of rotatable bonds is 6. The molecule has 4 nitrogen and oxygen atoms in total. The Morgan fingerprint density at radius 2 is 2.10 bits per heavy atom. The average Bonchev–Trinajstić information content (AvgIpc) is 2.49. The Balaban J connectivity index is 1.74. The zero-order chi connectivity index (χ0) is 14.2. The van der Waals surface area contributed by atoms with Gasteiger partial charge in [-0.05, 0) is 57.0 Å². The number of esters is 1. The van der Waals surface area contributed by atoms with Crippen molar-refractivity contribution in [1.82, 2.24) is 5.32 Å². The molecule has 0 spiro atoms. The Morgan fingerprint density at radius 3 is 2.75 bits per heavy atom. The summed E-state index contributed by atoms with van der Waals surface area (Å²) >= 11 is 0. The van der Waals surface area contributed by atoms with E-state index in [1.807, 2.05) is 12.1 Å². The van der Waals surface area contributed by atoms with Crippen LogP contribution < -0.4 is 10.1 Å². The van der Waals surface area contributed by atoms with Gasteiger partial charge in [-0.3, -0.25) is 0 Å². The first-order valence-corrected chi connectivity index (χ1v) is 7.43. The van der Waals surface area contributed by atoms with E-state index >= 15 is 0 Å². The summed E-state index contributed by atoms with van der Waals surface area (Å²) in [7, 11) is 0. The van der Waals surface area contributed by atoms with Crippen molar-refractivity contribution in [1.29, 1.82) is 0 Å². The van der Waals surface area contributed by atoms with Crippen LogP contribution >= 0.6 is 0 Å². The van der Waals surface area contributed by atoms with Crippen molar-refractivity contribution in [2.24, 2.45) is 0 Å². The van der Waals surface area contributed by atoms with E-state index in [-0.39, 0.29) is 5.97 Å². The Kier molecular flexibility index (Phi) is 5.87. The molecule has 1 aliphatic rings. The third-order valence-electron chi connectivity index (χ3n) is 3.51. The second kappa shape index (κ2) is 7.90. The summed E-state index contributed by atoms with van der Waals surface area (Å²) in [5.74, 6) is 0.513. The number of nitrogens with one attached hydrogen (secondary N) is 1. The third kappa shape index (κ3) is 4.53. The SMILES string of the molecule is CCOC(=O)c1ccc(OCCC2CCCCN2)cc1. The van der Waals surface area contributed by atoms with Gasteiger partial charge in [-0.1, -0.05) is 6.42 Å². The molecule has 0 radical (unpaired) electrons. The zero-order valence-corrected chi connectivity index (χ0v) is 12.1. The van der Waals surface area contributed by atoms with E-state index in [0.29, 0.717) is 24.8 Å². The zero-order valence-electron chi connectivity index (χ0n) is 12.1. The third-order valence-corrected chi connectivity index (χ3v) is 3.51. The van der Waals surface area contributed by atoms with Gasteiger partial charge in [0.05, 0.1) is 18.8 Å². The molecule has 0 bridgehead atoms. The van der Waals surface area contributed by atoms with Gasteiger partial charge in [0.15, 0.2) is 0 Å². The number of carbonyl (C=O) groups is 1. The van der Waals surface area contributed by atoms with Gasteiger partial charge in [-0.15, -0.1) is 0 Å².